The Balaban J connectivity index is 3.38. The zero-order chi connectivity index (χ0) is 9.94. The first-order valence-electron chi connectivity index (χ1n) is 5.74. The molecule has 1 nitrogen and oxygen atoms in total. The first kappa shape index (κ1) is 12.5. The summed E-state index contributed by atoms with van der Waals surface area (Å²) in [7, 11) is 0. The standard InChI is InChI=1S/C12H25N/c1-4-7-9-11-13-12(6-3)10-8-5-2/h6,13H,4-5,7-11H2,1-3H3. The molecule has 0 fully saturated rings. The molecular formula is C12H25N. The summed E-state index contributed by atoms with van der Waals surface area (Å²) < 4.78 is 0. The average Bonchev–Trinajstić information content (AvgIpc) is 2.17. The van der Waals surface area contributed by atoms with Crippen molar-refractivity contribution in [2.24, 2.45) is 0 Å². The van der Waals surface area contributed by atoms with Crippen molar-refractivity contribution >= 4 is 0 Å². The van der Waals surface area contributed by atoms with Gasteiger partial charge in [-0.15, -0.1) is 0 Å². The van der Waals surface area contributed by atoms with Gasteiger partial charge in [0.2, 0.25) is 0 Å². The predicted molar refractivity (Wildman–Crippen MR) is 60.8 cm³/mol. The Bertz CT molecular complexity index is 127. The highest BCUT2D eigenvalue weighted by atomic mass is 14.9. The third kappa shape index (κ3) is 7.89. The fraction of sp³-hybridized carbons (Fsp3) is 0.833. The Kier molecular flexibility index (Phi) is 9.29. The van der Waals surface area contributed by atoms with E-state index in [1.165, 1.54) is 44.2 Å². The van der Waals surface area contributed by atoms with Crippen LogP contribution < -0.4 is 5.32 Å². The summed E-state index contributed by atoms with van der Waals surface area (Å²) in [5, 5.41) is 3.50. The SMILES string of the molecule is CC=C(CCCC)NCCCCC. The number of hydrogen-bond acceptors (Lipinski definition) is 1. The summed E-state index contributed by atoms with van der Waals surface area (Å²) in [5.41, 5.74) is 1.43. The highest BCUT2D eigenvalue weighted by molar-refractivity contribution is 4.96. The normalized spacial score (nSPS) is 11.8. The molecule has 0 heterocycles. The van der Waals surface area contributed by atoms with Crippen molar-refractivity contribution in [1.82, 2.24) is 5.32 Å². The number of unbranched alkanes of at least 4 members (excludes halogenated alkanes) is 3. The van der Waals surface area contributed by atoms with Crippen LogP contribution in [0.25, 0.3) is 0 Å². The zero-order valence-electron chi connectivity index (χ0n) is 9.53. The second-order valence-electron chi connectivity index (χ2n) is 3.55. The van der Waals surface area contributed by atoms with E-state index in [0.717, 1.165) is 6.54 Å². The minimum absolute atomic E-state index is 1.15. The highest BCUT2D eigenvalue weighted by Crippen LogP contribution is 2.04. The third-order valence-electron chi connectivity index (χ3n) is 2.28. The zero-order valence-corrected chi connectivity index (χ0v) is 9.53. The first-order valence-corrected chi connectivity index (χ1v) is 5.74. The van der Waals surface area contributed by atoms with Crippen molar-refractivity contribution in [1.29, 1.82) is 0 Å². The van der Waals surface area contributed by atoms with Crippen LogP contribution in [0.1, 0.15) is 59.3 Å². The summed E-state index contributed by atoms with van der Waals surface area (Å²) in [6, 6.07) is 0. The van der Waals surface area contributed by atoms with Gasteiger partial charge in [0.1, 0.15) is 0 Å². The molecule has 0 saturated carbocycles. The van der Waals surface area contributed by atoms with Gasteiger partial charge >= 0.3 is 0 Å². The Hall–Kier alpha value is -0.460. The summed E-state index contributed by atoms with van der Waals surface area (Å²) in [6.45, 7) is 7.76. The van der Waals surface area contributed by atoms with Crippen LogP contribution in [0.5, 0.6) is 0 Å². The van der Waals surface area contributed by atoms with Crippen LogP contribution in [0, 0.1) is 0 Å². The van der Waals surface area contributed by atoms with E-state index >= 15 is 0 Å². The molecule has 0 spiro atoms. The Morgan fingerprint density at radius 3 is 2.31 bits per heavy atom. The van der Waals surface area contributed by atoms with Crippen LogP contribution >= 0.6 is 0 Å². The maximum Gasteiger partial charge on any atom is 0.0143 e. The van der Waals surface area contributed by atoms with Crippen LogP contribution in [0.2, 0.25) is 0 Å². The molecule has 0 unspecified atom stereocenters. The van der Waals surface area contributed by atoms with Gasteiger partial charge in [0.05, 0.1) is 0 Å². The molecule has 0 amide bonds. The molecule has 0 aromatic heterocycles. The van der Waals surface area contributed by atoms with Gasteiger partial charge in [-0.2, -0.15) is 0 Å². The number of hydrogen-bond donors (Lipinski definition) is 1. The van der Waals surface area contributed by atoms with Crippen LogP contribution in [0.4, 0.5) is 0 Å². The summed E-state index contributed by atoms with van der Waals surface area (Å²) >= 11 is 0. The fourth-order valence-corrected chi connectivity index (χ4v) is 1.33. The van der Waals surface area contributed by atoms with Gasteiger partial charge in [-0.25, -0.2) is 0 Å². The molecule has 13 heavy (non-hydrogen) atoms. The average molecular weight is 183 g/mol. The Morgan fingerprint density at radius 1 is 1.08 bits per heavy atom. The smallest absolute Gasteiger partial charge is 0.0143 e. The van der Waals surface area contributed by atoms with E-state index in [1.54, 1.807) is 0 Å². The van der Waals surface area contributed by atoms with Gasteiger partial charge < -0.3 is 5.32 Å². The Morgan fingerprint density at radius 2 is 1.77 bits per heavy atom. The molecule has 78 valence electrons. The third-order valence-corrected chi connectivity index (χ3v) is 2.28. The molecule has 0 bridgehead atoms. The van der Waals surface area contributed by atoms with Gasteiger partial charge in [-0.3, -0.25) is 0 Å². The molecule has 0 saturated heterocycles. The van der Waals surface area contributed by atoms with Gasteiger partial charge in [0.15, 0.2) is 0 Å². The maximum atomic E-state index is 3.50. The quantitative estimate of drug-likeness (QED) is 0.563. The number of rotatable bonds is 8. The van der Waals surface area contributed by atoms with Crippen molar-refractivity contribution in [2.45, 2.75) is 59.3 Å². The lowest BCUT2D eigenvalue weighted by molar-refractivity contribution is 0.638. The van der Waals surface area contributed by atoms with Crippen LogP contribution in [-0.2, 0) is 0 Å². The van der Waals surface area contributed by atoms with Crippen molar-refractivity contribution in [3.8, 4) is 0 Å². The van der Waals surface area contributed by atoms with Crippen molar-refractivity contribution < 1.29 is 0 Å². The minimum Gasteiger partial charge on any atom is -0.389 e. The van der Waals surface area contributed by atoms with Crippen molar-refractivity contribution in [3.63, 3.8) is 0 Å². The van der Waals surface area contributed by atoms with E-state index in [4.69, 9.17) is 0 Å². The monoisotopic (exact) mass is 183 g/mol. The van der Waals surface area contributed by atoms with Gasteiger partial charge in [0, 0.05) is 12.2 Å². The van der Waals surface area contributed by atoms with Gasteiger partial charge in [-0.05, 0) is 26.2 Å². The van der Waals surface area contributed by atoms with E-state index in [2.05, 4.69) is 32.2 Å². The molecule has 0 aromatic carbocycles. The molecule has 0 rings (SSSR count). The summed E-state index contributed by atoms with van der Waals surface area (Å²) in [6.07, 6.45) is 9.98. The Labute approximate surface area is 83.6 Å². The van der Waals surface area contributed by atoms with E-state index in [0.29, 0.717) is 0 Å². The lowest BCUT2D eigenvalue weighted by Gasteiger charge is -2.09. The lowest BCUT2D eigenvalue weighted by atomic mass is 10.2. The molecule has 0 radical (unpaired) electrons. The van der Waals surface area contributed by atoms with E-state index in [-0.39, 0.29) is 0 Å². The largest absolute Gasteiger partial charge is 0.389 e. The molecule has 0 atom stereocenters. The minimum atomic E-state index is 1.15. The van der Waals surface area contributed by atoms with Crippen LogP contribution in [0.3, 0.4) is 0 Å². The summed E-state index contributed by atoms with van der Waals surface area (Å²) in [5.74, 6) is 0. The van der Waals surface area contributed by atoms with Gasteiger partial charge in [0.25, 0.3) is 0 Å². The second kappa shape index (κ2) is 9.63. The molecule has 0 aliphatic carbocycles. The van der Waals surface area contributed by atoms with Crippen molar-refractivity contribution in [3.05, 3.63) is 11.8 Å². The molecule has 1 N–H and O–H groups in total. The van der Waals surface area contributed by atoms with E-state index in [1.807, 2.05) is 0 Å². The van der Waals surface area contributed by atoms with Crippen LogP contribution in [0.15, 0.2) is 11.8 Å². The van der Waals surface area contributed by atoms with E-state index in [9.17, 15) is 0 Å². The summed E-state index contributed by atoms with van der Waals surface area (Å²) in [4.78, 5) is 0. The second-order valence-corrected chi connectivity index (χ2v) is 3.55. The predicted octanol–water partition coefficient (Wildman–Crippen LogP) is 3.86. The number of nitrogens with one attached hydrogen (secondary N) is 1. The topological polar surface area (TPSA) is 12.0 Å². The molecule has 0 aliphatic rings. The maximum absolute atomic E-state index is 3.50. The highest BCUT2D eigenvalue weighted by Gasteiger charge is 1.93. The first-order chi connectivity index (χ1) is 6.35. The fourth-order valence-electron chi connectivity index (χ4n) is 1.33. The van der Waals surface area contributed by atoms with Crippen LogP contribution in [-0.4, -0.2) is 6.54 Å². The van der Waals surface area contributed by atoms with E-state index < -0.39 is 0 Å². The molecule has 1 heteroatoms. The van der Waals surface area contributed by atoms with Crippen molar-refractivity contribution in [2.75, 3.05) is 6.54 Å². The molecule has 0 aromatic rings. The molecular weight excluding hydrogens is 158 g/mol. The number of allylic oxidation sites excluding steroid dienone is 2. The van der Waals surface area contributed by atoms with Gasteiger partial charge in [-0.1, -0.05) is 39.2 Å². The molecule has 0 aliphatic heterocycles. The lowest BCUT2D eigenvalue weighted by Crippen LogP contribution is -2.14.